The van der Waals surface area contributed by atoms with Crippen LogP contribution in [0.2, 0.25) is 0 Å². The third-order valence-electron chi connectivity index (χ3n) is 3.52. The van der Waals surface area contributed by atoms with Gasteiger partial charge in [-0.05, 0) is 7.05 Å². The Morgan fingerprint density at radius 2 is 2.00 bits per heavy atom. The van der Waals surface area contributed by atoms with E-state index in [4.69, 9.17) is 9.84 Å². The summed E-state index contributed by atoms with van der Waals surface area (Å²) in [6.07, 6.45) is -6.77. The normalized spacial score (nSPS) is 30.3. The highest BCUT2D eigenvalue weighted by Crippen LogP contribution is 2.28. The Bertz CT molecular complexity index is 517. The second kappa shape index (κ2) is 6.32. The van der Waals surface area contributed by atoms with E-state index in [0.29, 0.717) is 6.20 Å². The van der Waals surface area contributed by atoms with Gasteiger partial charge in [0.15, 0.2) is 5.69 Å². The van der Waals surface area contributed by atoms with Crippen LogP contribution in [0.4, 0.5) is 13.2 Å². The molecular formula is C12H16F3N3O4. The second-order valence-electron chi connectivity index (χ2n) is 5.07. The lowest BCUT2D eigenvalue weighted by Gasteiger charge is -2.42. The predicted molar refractivity (Wildman–Crippen MR) is 67.0 cm³/mol. The van der Waals surface area contributed by atoms with Crippen LogP contribution in [0.5, 0.6) is 5.88 Å². The molecule has 0 unspecified atom stereocenters. The van der Waals surface area contributed by atoms with E-state index in [1.165, 1.54) is 0 Å². The fraction of sp³-hybridized carbons (Fsp3) is 0.667. The van der Waals surface area contributed by atoms with E-state index in [9.17, 15) is 23.4 Å². The summed E-state index contributed by atoms with van der Waals surface area (Å²) in [4.78, 5) is 8.24. The van der Waals surface area contributed by atoms with E-state index in [1.54, 1.807) is 11.9 Å². The zero-order valence-corrected chi connectivity index (χ0v) is 11.6. The fourth-order valence-electron chi connectivity index (χ4n) is 2.29. The van der Waals surface area contributed by atoms with Crippen LogP contribution in [0, 0.1) is 0 Å². The third-order valence-corrected chi connectivity index (χ3v) is 3.52. The van der Waals surface area contributed by atoms with Gasteiger partial charge in [0.05, 0.1) is 25.0 Å². The molecule has 1 aromatic heterocycles. The molecular weight excluding hydrogens is 307 g/mol. The summed E-state index contributed by atoms with van der Waals surface area (Å²) in [7, 11) is 1.59. The van der Waals surface area contributed by atoms with Gasteiger partial charge in [-0.25, -0.2) is 4.98 Å². The first-order valence-electron chi connectivity index (χ1n) is 6.47. The fourth-order valence-corrected chi connectivity index (χ4v) is 2.29. The van der Waals surface area contributed by atoms with Crippen molar-refractivity contribution in [3.8, 4) is 5.88 Å². The molecule has 1 saturated heterocycles. The van der Waals surface area contributed by atoms with Gasteiger partial charge in [0, 0.05) is 6.54 Å². The van der Waals surface area contributed by atoms with Gasteiger partial charge in [-0.15, -0.1) is 0 Å². The van der Waals surface area contributed by atoms with Crippen LogP contribution in [-0.4, -0.2) is 74.7 Å². The van der Waals surface area contributed by atoms with Gasteiger partial charge >= 0.3 is 6.18 Å². The quantitative estimate of drug-likeness (QED) is 0.674. The van der Waals surface area contributed by atoms with Crippen molar-refractivity contribution in [3.05, 3.63) is 18.1 Å². The molecule has 0 aliphatic carbocycles. The third kappa shape index (κ3) is 3.46. The number of aromatic nitrogens is 2. The van der Waals surface area contributed by atoms with Crippen LogP contribution in [0.3, 0.4) is 0 Å². The standard InChI is InChI=1S/C12H16F3N3O4/c1-18-4-7(11(21)10(20)6(18)5-19)22-9-3-16-2-8(17-9)12(13,14)15/h2-3,6-7,10-11,19-21H,4-5H2,1H3/t6-,7+,10+,11-/m1/s1. The number of hydrogen-bond donors (Lipinski definition) is 3. The number of aliphatic hydroxyl groups excluding tert-OH is 3. The van der Waals surface area contributed by atoms with E-state index in [-0.39, 0.29) is 13.2 Å². The van der Waals surface area contributed by atoms with Crippen molar-refractivity contribution in [1.82, 2.24) is 14.9 Å². The molecule has 1 aliphatic rings. The summed E-state index contributed by atoms with van der Waals surface area (Å²) in [5, 5.41) is 29.0. The van der Waals surface area contributed by atoms with Crippen molar-refractivity contribution < 1.29 is 33.2 Å². The summed E-state index contributed by atoms with van der Waals surface area (Å²) < 4.78 is 42.9. The first-order chi connectivity index (χ1) is 10.2. The summed E-state index contributed by atoms with van der Waals surface area (Å²) >= 11 is 0. The molecule has 22 heavy (non-hydrogen) atoms. The Balaban J connectivity index is 2.14. The molecule has 0 spiro atoms. The second-order valence-corrected chi connectivity index (χ2v) is 5.07. The summed E-state index contributed by atoms with van der Waals surface area (Å²) in [5.41, 5.74) is -1.21. The zero-order chi connectivity index (χ0) is 16.5. The highest BCUT2D eigenvalue weighted by molar-refractivity contribution is 5.12. The molecule has 10 heteroatoms. The van der Waals surface area contributed by atoms with Crippen LogP contribution >= 0.6 is 0 Å². The molecule has 2 heterocycles. The van der Waals surface area contributed by atoms with E-state index in [2.05, 4.69) is 9.97 Å². The Morgan fingerprint density at radius 1 is 1.32 bits per heavy atom. The molecule has 0 radical (unpaired) electrons. The van der Waals surface area contributed by atoms with Gasteiger partial charge in [-0.3, -0.25) is 9.88 Å². The van der Waals surface area contributed by atoms with Gasteiger partial charge in [0.25, 0.3) is 0 Å². The average Bonchev–Trinajstić information content (AvgIpc) is 2.44. The molecule has 1 aliphatic heterocycles. The van der Waals surface area contributed by atoms with E-state index in [1.807, 2.05) is 0 Å². The van der Waals surface area contributed by atoms with Crippen molar-refractivity contribution in [1.29, 1.82) is 0 Å². The van der Waals surface area contributed by atoms with Crippen molar-refractivity contribution in [2.24, 2.45) is 0 Å². The summed E-state index contributed by atoms with van der Waals surface area (Å²) in [6, 6.07) is -0.678. The van der Waals surface area contributed by atoms with Gasteiger partial charge in [0.2, 0.25) is 5.88 Å². The molecule has 3 N–H and O–H groups in total. The molecule has 1 fully saturated rings. The van der Waals surface area contributed by atoms with Gasteiger partial charge in [-0.2, -0.15) is 13.2 Å². The van der Waals surface area contributed by atoms with Gasteiger partial charge in [-0.1, -0.05) is 0 Å². The molecule has 0 amide bonds. The van der Waals surface area contributed by atoms with Gasteiger partial charge in [0.1, 0.15) is 18.3 Å². The Morgan fingerprint density at radius 3 is 2.59 bits per heavy atom. The summed E-state index contributed by atoms with van der Waals surface area (Å²) in [5.74, 6) is -0.401. The lowest BCUT2D eigenvalue weighted by atomic mass is 9.95. The first-order valence-corrected chi connectivity index (χ1v) is 6.47. The molecule has 124 valence electrons. The van der Waals surface area contributed by atoms with E-state index >= 15 is 0 Å². The Kier molecular flexibility index (Phi) is 4.85. The number of rotatable bonds is 3. The number of hydrogen-bond acceptors (Lipinski definition) is 7. The van der Waals surface area contributed by atoms with Crippen LogP contribution < -0.4 is 4.74 Å². The molecule has 0 aromatic carbocycles. The lowest BCUT2D eigenvalue weighted by molar-refractivity contribution is -0.143. The number of halogens is 3. The van der Waals surface area contributed by atoms with Crippen molar-refractivity contribution >= 4 is 0 Å². The molecule has 0 saturated carbocycles. The van der Waals surface area contributed by atoms with E-state index < -0.39 is 42.1 Å². The SMILES string of the molecule is CN1C[C@H](Oc2cncc(C(F)(F)F)n2)[C@@H](O)[C@@H](O)[C@H]1CO. The maximum Gasteiger partial charge on any atom is 0.435 e. The molecule has 2 rings (SSSR count). The van der Waals surface area contributed by atoms with Crippen molar-refractivity contribution in [2.75, 3.05) is 20.2 Å². The molecule has 4 atom stereocenters. The molecule has 1 aromatic rings. The number of piperidine rings is 1. The molecule has 7 nitrogen and oxygen atoms in total. The average molecular weight is 323 g/mol. The highest BCUT2D eigenvalue weighted by atomic mass is 19.4. The predicted octanol–water partition coefficient (Wildman–Crippen LogP) is -0.729. The maximum absolute atomic E-state index is 12.6. The Hall–Kier alpha value is -1.49. The highest BCUT2D eigenvalue weighted by Gasteiger charge is 2.42. The largest absolute Gasteiger partial charge is 0.469 e. The van der Waals surface area contributed by atoms with Crippen LogP contribution in [0.1, 0.15) is 5.69 Å². The topological polar surface area (TPSA) is 98.9 Å². The monoisotopic (exact) mass is 323 g/mol. The first kappa shape index (κ1) is 16.9. The van der Waals surface area contributed by atoms with Gasteiger partial charge < -0.3 is 20.1 Å². The van der Waals surface area contributed by atoms with Crippen LogP contribution in [0.15, 0.2) is 12.4 Å². The smallest absolute Gasteiger partial charge is 0.435 e. The number of likely N-dealkylation sites (tertiary alicyclic amines) is 1. The Labute approximate surface area is 124 Å². The molecule has 0 bridgehead atoms. The van der Waals surface area contributed by atoms with Crippen molar-refractivity contribution in [3.63, 3.8) is 0 Å². The number of aliphatic hydroxyl groups is 3. The zero-order valence-electron chi connectivity index (χ0n) is 11.6. The summed E-state index contributed by atoms with van der Waals surface area (Å²) in [6.45, 7) is -0.272. The minimum atomic E-state index is -4.66. The minimum Gasteiger partial charge on any atom is -0.469 e. The number of nitrogens with zero attached hydrogens (tertiary/aromatic N) is 3. The van der Waals surface area contributed by atoms with Crippen molar-refractivity contribution in [2.45, 2.75) is 30.5 Å². The number of alkyl halides is 3. The number of likely N-dealkylation sites (N-methyl/N-ethyl adjacent to an activating group) is 1. The maximum atomic E-state index is 12.6. The number of ether oxygens (including phenoxy) is 1. The van der Waals surface area contributed by atoms with E-state index in [0.717, 1.165) is 6.20 Å². The van der Waals surface area contributed by atoms with Crippen LogP contribution in [-0.2, 0) is 6.18 Å². The minimum absolute atomic E-state index is 0.0986. The van der Waals surface area contributed by atoms with Crippen LogP contribution in [0.25, 0.3) is 0 Å². The lowest BCUT2D eigenvalue weighted by Crippen LogP contribution is -2.62.